The number of carbonyl (C=O) groups is 1. The number of hydrogen-bond acceptors (Lipinski definition) is 2. The number of nitrogens with zero attached hydrogens (tertiary/aromatic N) is 1. The molecule has 0 atom stereocenters. The largest absolute Gasteiger partial charge is 0.341 e. The van der Waals surface area contributed by atoms with Crippen LogP contribution >= 0.6 is 0 Å². The van der Waals surface area contributed by atoms with Crippen LogP contribution in [0.25, 0.3) is 0 Å². The van der Waals surface area contributed by atoms with Crippen molar-refractivity contribution in [1.29, 1.82) is 0 Å². The minimum absolute atomic E-state index is 0.350. The van der Waals surface area contributed by atoms with Crippen molar-refractivity contribution >= 4 is 5.91 Å². The van der Waals surface area contributed by atoms with E-state index in [1.54, 1.807) is 0 Å². The summed E-state index contributed by atoms with van der Waals surface area (Å²) in [6, 6.07) is 0. The molecule has 0 unspecified atom stereocenters. The molecule has 0 radical (unpaired) electrons. The zero-order valence-electron chi connectivity index (χ0n) is 9.22. The van der Waals surface area contributed by atoms with Gasteiger partial charge in [-0.1, -0.05) is 19.8 Å². The highest BCUT2D eigenvalue weighted by molar-refractivity contribution is 5.76. The van der Waals surface area contributed by atoms with Gasteiger partial charge in [-0.05, 0) is 19.4 Å². The van der Waals surface area contributed by atoms with E-state index in [4.69, 9.17) is 0 Å². The number of likely N-dealkylation sites (tertiary alicyclic amines) is 1. The van der Waals surface area contributed by atoms with Crippen molar-refractivity contribution in [2.75, 3.05) is 26.2 Å². The molecule has 0 aromatic carbocycles. The highest BCUT2D eigenvalue weighted by Gasteiger charge is 2.14. The molecule has 1 fully saturated rings. The Morgan fingerprint density at radius 1 is 1.29 bits per heavy atom. The fourth-order valence-corrected chi connectivity index (χ4v) is 1.84. The maximum Gasteiger partial charge on any atom is 0.222 e. The van der Waals surface area contributed by atoms with Gasteiger partial charge in [0.25, 0.3) is 0 Å². The predicted octanol–water partition coefficient (Wildman–Crippen LogP) is 1.39. The van der Waals surface area contributed by atoms with Gasteiger partial charge in [-0.2, -0.15) is 0 Å². The van der Waals surface area contributed by atoms with Crippen LogP contribution in [-0.2, 0) is 4.79 Å². The molecule has 1 heterocycles. The number of rotatable bonds is 4. The van der Waals surface area contributed by atoms with E-state index in [9.17, 15) is 4.79 Å². The van der Waals surface area contributed by atoms with Crippen LogP contribution in [0.15, 0.2) is 0 Å². The molecule has 0 bridgehead atoms. The Hall–Kier alpha value is -0.570. The SMILES string of the molecule is CCNCCN1CCCCCCC1=O. The van der Waals surface area contributed by atoms with E-state index < -0.39 is 0 Å². The molecule has 1 saturated heterocycles. The molecule has 0 spiro atoms. The van der Waals surface area contributed by atoms with Crippen molar-refractivity contribution in [2.45, 2.75) is 39.0 Å². The summed E-state index contributed by atoms with van der Waals surface area (Å²) in [4.78, 5) is 13.7. The average Bonchev–Trinajstić information content (AvgIpc) is 2.17. The lowest BCUT2D eigenvalue weighted by Gasteiger charge is -2.24. The zero-order valence-corrected chi connectivity index (χ0v) is 9.22. The number of hydrogen-bond donors (Lipinski definition) is 1. The molecule has 0 aromatic rings. The quantitative estimate of drug-likeness (QED) is 0.692. The molecule has 1 rings (SSSR count). The number of amides is 1. The van der Waals surface area contributed by atoms with E-state index >= 15 is 0 Å². The predicted molar refractivity (Wildman–Crippen MR) is 58.2 cm³/mol. The molecular formula is C11H22N2O. The number of carbonyl (C=O) groups excluding carboxylic acids is 1. The van der Waals surface area contributed by atoms with Gasteiger partial charge in [-0.15, -0.1) is 0 Å². The molecule has 82 valence electrons. The Bertz CT molecular complexity index is 171. The second-order valence-corrected chi connectivity index (χ2v) is 3.90. The fourth-order valence-electron chi connectivity index (χ4n) is 1.84. The van der Waals surface area contributed by atoms with E-state index in [2.05, 4.69) is 12.2 Å². The van der Waals surface area contributed by atoms with E-state index in [0.29, 0.717) is 5.91 Å². The smallest absolute Gasteiger partial charge is 0.222 e. The second kappa shape index (κ2) is 6.82. The van der Waals surface area contributed by atoms with E-state index in [1.165, 1.54) is 19.3 Å². The van der Waals surface area contributed by atoms with Gasteiger partial charge in [0.05, 0.1) is 0 Å². The molecular weight excluding hydrogens is 176 g/mol. The standard InChI is InChI=1S/C11H22N2O/c1-2-12-8-10-13-9-6-4-3-5-7-11(13)14/h12H,2-10H2,1H3. The van der Waals surface area contributed by atoms with Crippen LogP contribution in [0.1, 0.15) is 39.0 Å². The van der Waals surface area contributed by atoms with Crippen LogP contribution in [-0.4, -0.2) is 37.0 Å². The van der Waals surface area contributed by atoms with Crippen LogP contribution in [0.5, 0.6) is 0 Å². The first kappa shape index (κ1) is 11.5. The normalized spacial score (nSPS) is 19.2. The van der Waals surface area contributed by atoms with Gasteiger partial charge in [0.15, 0.2) is 0 Å². The topological polar surface area (TPSA) is 32.3 Å². The number of likely N-dealkylation sites (N-methyl/N-ethyl adjacent to an activating group) is 1. The lowest BCUT2D eigenvalue weighted by molar-refractivity contribution is -0.131. The van der Waals surface area contributed by atoms with E-state index in [0.717, 1.165) is 39.0 Å². The van der Waals surface area contributed by atoms with E-state index in [1.807, 2.05) is 4.90 Å². The first-order valence-corrected chi connectivity index (χ1v) is 5.83. The van der Waals surface area contributed by atoms with Crippen molar-refractivity contribution in [3.63, 3.8) is 0 Å². The van der Waals surface area contributed by atoms with Gasteiger partial charge in [-0.3, -0.25) is 4.79 Å². The molecule has 1 aliphatic rings. The Morgan fingerprint density at radius 3 is 2.86 bits per heavy atom. The van der Waals surface area contributed by atoms with Gasteiger partial charge in [0.2, 0.25) is 5.91 Å². The lowest BCUT2D eigenvalue weighted by atomic mass is 10.1. The average molecular weight is 198 g/mol. The monoisotopic (exact) mass is 198 g/mol. The molecule has 1 aliphatic heterocycles. The second-order valence-electron chi connectivity index (χ2n) is 3.90. The van der Waals surface area contributed by atoms with Crippen molar-refractivity contribution in [3.05, 3.63) is 0 Å². The highest BCUT2D eigenvalue weighted by Crippen LogP contribution is 2.10. The molecule has 14 heavy (non-hydrogen) atoms. The first-order valence-electron chi connectivity index (χ1n) is 5.83. The lowest BCUT2D eigenvalue weighted by Crippen LogP contribution is -2.38. The van der Waals surface area contributed by atoms with Crippen LogP contribution in [0.3, 0.4) is 0 Å². The number of nitrogens with one attached hydrogen (secondary N) is 1. The van der Waals surface area contributed by atoms with Crippen LogP contribution in [0.4, 0.5) is 0 Å². The summed E-state index contributed by atoms with van der Waals surface area (Å²) in [5, 5.41) is 3.26. The molecule has 0 saturated carbocycles. The van der Waals surface area contributed by atoms with Gasteiger partial charge < -0.3 is 10.2 Å². The zero-order chi connectivity index (χ0) is 10.2. The Labute approximate surface area is 86.9 Å². The summed E-state index contributed by atoms with van der Waals surface area (Å²) in [5.74, 6) is 0.350. The van der Waals surface area contributed by atoms with Crippen LogP contribution < -0.4 is 5.32 Å². The highest BCUT2D eigenvalue weighted by atomic mass is 16.2. The summed E-state index contributed by atoms with van der Waals surface area (Å²) >= 11 is 0. The van der Waals surface area contributed by atoms with Gasteiger partial charge >= 0.3 is 0 Å². The summed E-state index contributed by atoms with van der Waals surface area (Å²) in [6.07, 6.45) is 5.53. The molecule has 1 N–H and O–H groups in total. The summed E-state index contributed by atoms with van der Waals surface area (Å²) in [7, 11) is 0. The minimum atomic E-state index is 0.350. The maximum absolute atomic E-state index is 11.7. The summed E-state index contributed by atoms with van der Waals surface area (Å²) in [6.45, 7) is 5.86. The molecule has 3 heteroatoms. The Kier molecular flexibility index (Phi) is 5.60. The van der Waals surface area contributed by atoms with Gasteiger partial charge in [0.1, 0.15) is 0 Å². The van der Waals surface area contributed by atoms with Crippen LogP contribution in [0, 0.1) is 0 Å². The Morgan fingerprint density at radius 2 is 2.07 bits per heavy atom. The van der Waals surface area contributed by atoms with Crippen molar-refractivity contribution < 1.29 is 4.79 Å². The minimum Gasteiger partial charge on any atom is -0.341 e. The van der Waals surface area contributed by atoms with Gasteiger partial charge in [0, 0.05) is 26.1 Å². The third kappa shape index (κ3) is 4.09. The maximum atomic E-state index is 11.7. The fraction of sp³-hybridized carbons (Fsp3) is 0.909. The van der Waals surface area contributed by atoms with Gasteiger partial charge in [-0.25, -0.2) is 0 Å². The van der Waals surface area contributed by atoms with Crippen LogP contribution in [0.2, 0.25) is 0 Å². The van der Waals surface area contributed by atoms with E-state index in [-0.39, 0.29) is 0 Å². The van der Waals surface area contributed by atoms with Crippen molar-refractivity contribution in [2.24, 2.45) is 0 Å². The van der Waals surface area contributed by atoms with Crippen molar-refractivity contribution in [1.82, 2.24) is 10.2 Å². The first-order chi connectivity index (χ1) is 6.84. The third-order valence-electron chi connectivity index (χ3n) is 2.73. The Balaban J connectivity index is 2.26. The molecule has 1 amide bonds. The summed E-state index contributed by atoms with van der Waals surface area (Å²) < 4.78 is 0. The summed E-state index contributed by atoms with van der Waals surface area (Å²) in [5.41, 5.74) is 0. The molecule has 0 aromatic heterocycles. The van der Waals surface area contributed by atoms with Crippen molar-refractivity contribution in [3.8, 4) is 0 Å². The third-order valence-corrected chi connectivity index (χ3v) is 2.73. The molecule has 0 aliphatic carbocycles. The molecule has 3 nitrogen and oxygen atoms in total.